The molecule has 19 heavy (non-hydrogen) atoms. The maximum absolute atomic E-state index is 12.1. The van der Waals surface area contributed by atoms with Gasteiger partial charge in [0.1, 0.15) is 11.7 Å². The highest BCUT2D eigenvalue weighted by molar-refractivity contribution is 5.95. The van der Waals surface area contributed by atoms with Crippen LogP contribution in [0.4, 0.5) is 10.5 Å². The van der Waals surface area contributed by atoms with E-state index in [4.69, 9.17) is 15.7 Å². The standard InChI is InChI=1S/C14H15N3O2/c1-14(2,3)19-13(18)17-8-9(7-15)11-6-10(16)4-5-12(11)17/h4-6,8H,16H2,1-3H3. The Balaban J connectivity index is 2.56. The number of anilines is 1. The second kappa shape index (κ2) is 4.32. The molecule has 0 unspecified atom stereocenters. The van der Waals surface area contributed by atoms with Crippen molar-refractivity contribution in [3.8, 4) is 6.07 Å². The van der Waals surface area contributed by atoms with E-state index in [0.717, 1.165) is 0 Å². The lowest BCUT2D eigenvalue weighted by molar-refractivity contribution is 0.0544. The predicted octanol–water partition coefficient (Wildman–Crippen LogP) is 2.88. The van der Waals surface area contributed by atoms with Gasteiger partial charge in [-0.25, -0.2) is 4.79 Å². The second-order valence-corrected chi connectivity index (χ2v) is 5.28. The van der Waals surface area contributed by atoms with Gasteiger partial charge in [0.15, 0.2) is 0 Å². The normalized spacial score (nSPS) is 11.3. The van der Waals surface area contributed by atoms with Crippen LogP contribution in [0.2, 0.25) is 0 Å². The van der Waals surface area contributed by atoms with Crippen LogP contribution in [0.15, 0.2) is 24.4 Å². The molecule has 0 aliphatic heterocycles. The van der Waals surface area contributed by atoms with Gasteiger partial charge in [0.25, 0.3) is 0 Å². The number of rotatable bonds is 0. The summed E-state index contributed by atoms with van der Waals surface area (Å²) < 4.78 is 6.64. The Hall–Kier alpha value is -2.48. The molecule has 0 aliphatic rings. The molecule has 1 aromatic heterocycles. The van der Waals surface area contributed by atoms with Crippen LogP contribution in [0.1, 0.15) is 26.3 Å². The molecule has 5 nitrogen and oxygen atoms in total. The van der Waals surface area contributed by atoms with Gasteiger partial charge >= 0.3 is 6.09 Å². The van der Waals surface area contributed by atoms with E-state index in [9.17, 15) is 4.79 Å². The minimum absolute atomic E-state index is 0.396. The third kappa shape index (κ3) is 2.52. The molecule has 0 bridgehead atoms. The first kappa shape index (κ1) is 13.0. The quantitative estimate of drug-likeness (QED) is 0.736. The Morgan fingerprint density at radius 2 is 2.11 bits per heavy atom. The van der Waals surface area contributed by atoms with Crippen LogP contribution in [0.3, 0.4) is 0 Å². The number of fused-ring (bicyclic) bond motifs is 1. The number of nitriles is 1. The summed E-state index contributed by atoms with van der Waals surface area (Å²) in [4.78, 5) is 12.1. The Morgan fingerprint density at radius 3 is 2.68 bits per heavy atom. The molecule has 0 saturated carbocycles. The number of hydrogen-bond donors (Lipinski definition) is 1. The number of ether oxygens (including phenoxy) is 1. The first-order valence-corrected chi connectivity index (χ1v) is 5.86. The molecular formula is C14H15N3O2. The molecule has 2 rings (SSSR count). The maximum atomic E-state index is 12.1. The van der Waals surface area contributed by atoms with Crippen molar-refractivity contribution >= 4 is 22.7 Å². The lowest BCUT2D eigenvalue weighted by Crippen LogP contribution is -2.26. The van der Waals surface area contributed by atoms with Gasteiger partial charge in [-0.05, 0) is 39.0 Å². The summed E-state index contributed by atoms with van der Waals surface area (Å²) in [5.74, 6) is 0. The molecule has 0 saturated heterocycles. The van der Waals surface area contributed by atoms with Crippen LogP contribution in [0.25, 0.3) is 10.9 Å². The number of benzene rings is 1. The summed E-state index contributed by atoms with van der Waals surface area (Å²) in [5, 5.41) is 9.74. The highest BCUT2D eigenvalue weighted by Crippen LogP contribution is 2.24. The third-order valence-corrected chi connectivity index (χ3v) is 2.54. The van der Waals surface area contributed by atoms with E-state index < -0.39 is 11.7 Å². The van der Waals surface area contributed by atoms with Gasteiger partial charge in [0.05, 0.1) is 11.1 Å². The van der Waals surface area contributed by atoms with Gasteiger partial charge in [0, 0.05) is 17.3 Å². The van der Waals surface area contributed by atoms with Crippen molar-refractivity contribution in [3.63, 3.8) is 0 Å². The third-order valence-electron chi connectivity index (χ3n) is 2.54. The fraction of sp³-hybridized carbons (Fsp3) is 0.286. The number of nitrogen functional groups attached to an aromatic ring is 1. The minimum Gasteiger partial charge on any atom is -0.443 e. The first-order chi connectivity index (χ1) is 8.81. The van der Waals surface area contributed by atoms with Gasteiger partial charge in [-0.3, -0.25) is 4.57 Å². The summed E-state index contributed by atoms with van der Waals surface area (Å²) >= 11 is 0. The van der Waals surface area contributed by atoms with Crippen molar-refractivity contribution < 1.29 is 9.53 Å². The number of carbonyl (C=O) groups excluding carboxylic acids is 1. The fourth-order valence-corrected chi connectivity index (χ4v) is 1.80. The lowest BCUT2D eigenvalue weighted by Gasteiger charge is -2.19. The molecule has 5 heteroatoms. The van der Waals surface area contributed by atoms with E-state index in [1.807, 2.05) is 0 Å². The zero-order valence-corrected chi connectivity index (χ0v) is 11.1. The van der Waals surface area contributed by atoms with Crippen molar-refractivity contribution in [1.82, 2.24) is 4.57 Å². The second-order valence-electron chi connectivity index (χ2n) is 5.28. The largest absolute Gasteiger partial charge is 0.443 e. The van der Waals surface area contributed by atoms with Crippen molar-refractivity contribution in [2.75, 3.05) is 5.73 Å². The Labute approximate surface area is 111 Å². The van der Waals surface area contributed by atoms with E-state index in [1.54, 1.807) is 39.0 Å². The fourth-order valence-electron chi connectivity index (χ4n) is 1.80. The monoisotopic (exact) mass is 257 g/mol. The van der Waals surface area contributed by atoms with E-state index >= 15 is 0 Å². The van der Waals surface area contributed by atoms with Crippen LogP contribution in [0.5, 0.6) is 0 Å². The predicted molar refractivity (Wildman–Crippen MR) is 72.7 cm³/mol. The van der Waals surface area contributed by atoms with Crippen molar-refractivity contribution in [2.45, 2.75) is 26.4 Å². The average Bonchev–Trinajstić information content (AvgIpc) is 2.64. The summed E-state index contributed by atoms with van der Waals surface area (Å²) in [6.07, 6.45) is 0.960. The molecule has 0 atom stereocenters. The van der Waals surface area contributed by atoms with Crippen LogP contribution < -0.4 is 5.73 Å². The summed E-state index contributed by atoms with van der Waals surface area (Å²) in [6, 6.07) is 7.12. The molecule has 98 valence electrons. The molecule has 0 radical (unpaired) electrons. The molecule has 0 fully saturated rings. The number of aromatic nitrogens is 1. The molecule has 2 aromatic rings. The number of carbonyl (C=O) groups is 1. The van der Waals surface area contributed by atoms with Crippen LogP contribution in [-0.2, 0) is 4.74 Å². The zero-order chi connectivity index (χ0) is 14.2. The molecule has 0 aliphatic carbocycles. The molecule has 0 spiro atoms. The summed E-state index contributed by atoms with van der Waals surface area (Å²) in [5.41, 5.74) is 6.67. The number of hydrogen-bond acceptors (Lipinski definition) is 4. The maximum Gasteiger partial charge on any atom is 0.419 e. The van der Waals surface area contributed by atoms with Crippen molar-refractivity contribution in [1.29, 1.82) is 5.26 Å². The topological polar surface area (TPSA) is 81.0 Å². The van der Waals surface area contributed by atoms with E-state index in [1.165, 1.54) is 10.8 Å². The molecule has 2 N–H and O–H groups in total. The van der Waals surface area contributed by atoms with Gasteiger partial charge < -0.3 is 10.5 Å². The molecule has 1 heterocycles. The zero-order valence-electron chi connectivity index (χ0n) is 11.1. The van der Waals surface area contributed by atoms with E-state index in [-0.39, 0.29) is 0 Å². The van der Waals surface area contributed by atoms with Crippen LogP contribution >= 0.6 is 0 Å². The smallest absolute Gasteiger partial charge is 0.419 e. The average molecular weight is 257 g/mol. The van der Waals surface area contributed by atoms with Crippen LogP contribution in [-0.4, -0.2) is 16.3 Å². The van der Waals surface area contributed by atoms with E-state index in [0.29, 0.717) is 22.2 Å². The highest BCUT2D eigenvalue weighted by atomic mass is 16.6. The van der Waals surface area contributed by atoms with Gasteiger partial charge in [-0.15, -0.1) is 0 Å². The van der Waals surface area contributed by atoms with E-state index in [2.05, 4.69) is 6.07 Å². The van der Waals surface area contributed by atoms with Crippen LogP contribution in [0, 0.1) is 11.3 Å². The van der Waals surface area contributed by atoms with Gasteiger partial charge in [0.2, 0.25) is 0 Å². The number of nitrogens with two attached hydrogens (primary N) is 1. The Bertz CT molecular complexity index is 687. The van der Waals surface area contributed by atoms with Gasteiger partial charge in [-0.2, -0.15) is 5.26 Å². The minimum atomic E-state index is -0.589. The summed E-state index contributed by atoms with van der Waals surface area (Å²) in [6.45, 7) is 5.37. The molecule has 0 amide bonds. The first-order valence-electron chi connectivity index (χ1n) is 5.86. The van der Waals surface area contributed by atoms with Crippen molar-refractivity contribution in [2.24, 2.45) is 0 Å². The molecular weight excluding hydrogens is 242 g/mol. The molecule has 1 aromatic carbocycles. The van der Waals surface area contributed by atoms with Gasteiger partial charge in [-0.1, -0.05) is 0 Å². The lowest BCUT2D eigenvalue weighted by atomic mass is 10.2. The Kier molecular flexibility index (Phi) is 2.95. The Morgan fingerprint density at radius 1 is 1.42 bits per heavy atom. The number of nitrogens with zero attached hydrogens (tertiary/aromatic N) is 2. The highest BCUT2D eigenvalue weighted by Gasteiger charge is 2.20. The SMILES string of the molecule is CC(C)(C)OC(=O)n1cc(C#N)c2cc(N)ccc21. The summed E-state index contributed by atoms with van der Waals surface area (Å²) in [7, 11) is 0. The van der Waals surface area contributed by atoms with Crippen molar-refractivity contribution in [3.05, 3.63) is 30.0 Å².